The van der Waals surface area contributed by atoms with Crippen molar-refractivity contribution in [1.82, 2.24) is 19.5 Å². The van der Waals surface area contributed by atoms with Gasteiger partial charge in [0.05, 0.1) is 28.1 Å². The van der Waals surface area contributed by atoms with Crippen LogP contribution in [0, 0.1) is 5.82 Å². The Bertz CT molecular complexity index is 961. The Morgan fingerprint density at radius 2 is 2.12 bits per heavy atom. The summed E-state index contributed by atoms with van der Waals surface area (Å²) >= 11 is 15.3. The van der Waals surface area contributed by atoms with Crippen LogP contribution in [-0.4, -0.2) is 25.6 Å². The van der Waals surface area contributed by atoms with Crippen molar-refractivity contribution in [3.05, 3.63) is 44.9 Å². The normalized spacial score (nSPS) is 17.4. The maximum atomic E-state index is 14.6. The molecule has 3 heterocycles. The highest BCUT2D eigenvalue weighted by Crippen LogP contribution is 2.37. The van der Waals surface area contributed by atoms with Crippen LogP contribution in [0.25, 0.3) is 10.9 Å². The molecule has 1 atom stereocenters. The molecule has 5 nitrogen and oxygen atoms in total. The molecule has 124 valence electrons. The molecule has 1 aliphatic rings. The first-order valence-electron chi connectivity index (χ1n) is 7.22. The Balaban J connectivity index is 1.94. The van der Waals surface area contributed by atoms with E-state index in [0.717, 1.165) is 12.2 Å². The summed E-state index contributed by atoms with van der Waals surface area (Å²) in [7, 11) is 0. The number of benzene rings is 1. The van der Waals surface area contributed by atoms with Gasteiger partial charge in [0, 0.05) is 24.2 Å². The summed E-state index contributed by atoms with van der Waals surface area (Å²) in [6.07, 6.45) is 3.62. The molecule has 1 aliphatic heterocycles. The van der Waals surface area contributed by atoms with E-state index in [1.54, 1.807) is 6.07 Å². The van der Waals surface area contributed by atoms with Gasteiger partial charge in [0.1, 0.15) is 11.3 Å². The lowest BCUT2D eigenvalue weighted by Gasteiger charge is -2.35. The van der Waals surface area contributed by atoms with E-state index in [1.807, 2.05) is 12.5 Å². The number of rotatable bonds is 1. The minimum absolute atomic E-state index is 0.00287. The molecule has 0 unspecified atom stereocenters. The lowest BCUT2D eigenvalue weighted by Crippen LogP contribution is -2.41. The van der Waals surface area contributed by atoms with E-state index in [2.05, 4.69) is 47.3 Å². The molecular formula is C15H11BrCl2FN5. The van der Waals surface area contributed by atoms with Gasteiger partial charge in [-0.05, 0) is 40.5 Å². The number of halogens is 4. The van der Waals surface area contributed by atoms with Crippen molar-refractivity contribution >= 4 is 55.9 Å². The second kappa shape index (κ2) is 5.82. The fraction of sp³-hybridized carbons (Fsp3) is 0.267. The Morgan fingerprint density at radius 3 is 2.92 bits per heavy atom. The van der Waals surface area contributed by atoms with E-state index in [1.165, 1.54) is 0 Å². The van der Waals surface area contributed by atoms with Gasteiger partial charge < -0.3 is 9.47 Å². The zero-order valence-corrected chi connectivity index (χ0v) is 15.6. The minimum atomic E-state index is -0.544. The van der Waals surface area contributed by atoms with E-state index >= 15 is 0 Å². The van der Waals surface area contributed by atoms with E-state index in [0.29, 0.717) is 17.7 Å². The molecule has 0 amide bonds. The van der Waals surface area contributed by atoms with Crippen molar-refractivity contribution in [2.75, 3.05) is 4.90 Å². The third-order valence-corrected chi connectivity index (χ3v) is 5.65. The second-order valence-corrected chi connectivity index (χ2v) is 7.25. The molecule has 4 rings (SSSR count). The average molecular weight is 431 g/mol. The predicted octanol–water partition coefficient (Wildman–Crippen LogP) is 4.44. The van der Waals surface area contributed by atoms with Gasteiger partial charge in [0.25, 0.3) is 0 Å². The summed E-state index contributed by atoms with van der Waals surface area (Å²) in [4.78, 5) is 14.6. The maximum Gasteiger partial charge on any atom is 0.225 e. The van der Waals surface area contributed by atoms with Gasteiger partial charge in [0.15, 0.2) is 5.82 Å². The molecule has 0 saturated heterocycles. The zero-order valence-electron chi connectivity index (χ0n) is 12.5. The number of hydrogen-bond donors (Lipinski definition) is 0. The quantitative estimate of drug-likeness (QED) is 0.422. The van der Waals surface area contributed by atoms with Crippen LogP contribution in [0.2, 0.25) is 10.3 Å². The lowest BCUT2D eigenvalue weighted by molar-refractivity contribution is 0.472. The molecule has 0 bridgehead atoms. The van der Waals surface area contributed by atoms with Crippen molar-refractivity contribution in [1.29, 1.82) is 0 Å². The van der Waals surface area contributed by atoms with Gasteiger partial charge in [-0.15, -0.1) is 0 Å². The van der Waals surface area contributed by atoms with Gasteiger partial charge in [-0.2, -0.15) is 4.98 Å². The Hall–Kier alpha value is -1.44. The fourth-order valence-electron chi connectivity index (χ4n) is 2.99. The summed E-state index contributed by atoms with van der Waals surface area (Å²) in [5.74, 6) is 0.0241. The van der Waals surface area contributed by atoms with E-state index in [-0.39, 0.29) is 26.3 Å². The zero-order chi connectivity index (χ0) is 17.0. The Kier molecular flexibility index (Phi) is 3.89. The lowest BCUT2D eigenvalue weighted by atomic mass is 10.1. The monoisotopic (exact) mass is 429 g/mol. The van der Waals surface area contributed by atoms with Crippen LogP contribution in [0.4, 0.5) is 10.2 Å². The SMILES string of the molecule is C[C@@H]1Cn2cncc2CN1c1nc(Cl)nc2c(F)c(Br)c(Cl)cc12. The van der Waals surface area contributed by atoms with Crippen molar-refractivity contribution in [3.8, 4) is 0 Å². The van der Waals surface area contributed by atoms with E-state index in [9.17, 15) is 4.39 Å². The first-order chi connectivity index (χ1) is 11.5. The molecule has 24 heavy (non-hydrogen) atoms. The number of anilines is 1. The summed E-state index contributed by atoms with van der Waals surface area (Å²) in [6, 6.07) is 1.79. The van der Waals surface area contributed by atoms with Crippen LogP contribution in [0.1, 0.15) is 12.6 Å². The molecular weight excluding hydrogens is 420 g/mol. The Morgan fingerprint density at radius 1 is 1.33 bits per heavy atom. The van der Waals surface area contributed by atoms with Crippen molar-refractivity contribution in [3.63, 3.8) is 0 Å². The average Bonchev–Trinajstić information content (AvgIpc) is 2.99. The van der Waals surface area contributed by atoms with Crippen molar-refractivity contribution < 1.29 is 4.39 Å². The first kappa shape index (κ1) is 16.1. The van der Waals surface area contributed by atoms with Gasteiger partial charge in [-0.1, -0.05) is 11.6 Å². The molecule has 0 fully saturated rings. The van der Waals surface area contributed by atoms with Crippen LogP contribution in [-0.2, 0) is 13.1 Å². The van der Waals surface area contributed by atoms with Crippen molar-refractivity contribution in [2.45, 2.75) is 26.1 Å². The molecule has 9 heteroatoms. The molecule has 0 saturated carbocycles. The molecule has 0 spiro atoms. The van der Waals surface area contributed by atoms with E-state index in [4.69, 9.17) is 23.2 Å². The van der Waals surface area contributed by atoms with Gasteiger partial charge in [-0.25, -0.2) is 14.4 Å². The topological polar surface area (TPSA) is 46.8 Å². The summed E-state index contributed by atoms with van der Waals surface area (Å²) in [5, 5.41) is 0.795. The molecule has 2 aromatic heterocycles. The molecule has 0 N–H and O–H groups in total. The van der Waals surface area contributed by atoms with Crippen LogP contribution >= 0.6 is 39.1 Å². The fourth-order valence-corrected chi connectivity index (χ4v) is 3.65. The van der Waals surface area contributed by atoms with Crippen LogP contribution in [0.5, 0.6) is 0 Å². The summed E-state index contributed by atoms with van der Waals surface area (Å²) < 4.78 is 16.8. The largest absolute Gasteiger partial charge is 0.346 e. The van der Waals surface area contributed by atoms with Crippen LogP contribution in [0.3, 0.4) is 0 Å². The van der Waals surface area contributed by atoms with Gasteiger partial charge >= 0.3 is 0 Å². The maximum absolute atomic E-state index is 14.6. The standard InChI is InChI=1S/C15H11BrCl2FN5/c1-7-4-23-6-20-3-8(23)5-24(7)14-9-2-10(17)11(16)12(19)13(9)21-15(18)22-14/h2-3,6-7H,4-5H2,1H3/t7-/m1/s1. The molecule has 3 aromatic rings. The highest BCUT2D eigenvalue weighted by molar-refractivity contribution is 9.10. The van der Waals surface area contributed by atoms with Crippen LogP contribution in [0.15, 0.2) is 23.1 Å². The summed E-state index contributed by atoms with van der Waals surface area (Å²) in [5.41, 5.74) is 1.20. The second-order valence-electron chi connectivity index (χ2n) is 5.71. The van der Waals surface area contributed by atoms with Crippen LogP contribution < -0.4 is 4.90 Å². The smallest absolute Gasteiger partial charge is 0.225 e. The number of imidazole rings is 1. The highest BCUT2D eigenvalue weighted by Gasteiger charge is 2.27. The third-order valence-electron chi connectivity index (χ3n) is 4.18. The molecule has 0 aliphatic carbocycles. The molecule has 0 radical (unpaired) electrons. The van der Waals surface area contributed by atoms with E-state index < -0.39 is 5.82 Å². The Labute approximate surface area is 155 Å². The summed E-state index contributed by atoms with van der Waals surface area (Å²) in [6.45, 7) is 3.42. The van der Waals surface area contributed by atoms with Gasteiger partial charge in [0.2, 0.25) is 5.28 Å². The number of fused-ring (bicyclic) bond motifs is 2. The molecule has 1 aromatic carbocycles. The highest BCUT2D eigenvalue weighted by atomic mass is 79.9. The minimum Gasteiger partial charge on any atom is -0.346 e. The number of aromatic nitrogens is 4. The number of hydrogen-bond acceptors (Lipinski definition) is 4. The predicted molar refractivity (Wildman–Crippen MR) is 95.1 cm³/mol. The number of nitrogens with zero attached hydrogens (tertiary/aromatic N) is 5. The van der Waals surface area contributed by atoms with Crippen molar-refractivity contribution in [2.24, 2.45) is 0 Å². The third kappa shape index (κ3) is 2.46. The van der Waals surface area contributed by atoms with Gasteiger partial charge in [-0.3, -0.25) is 0 Å². The first-order valence-corrected chi connectivity index (χ1v) is 8.77.